The molecule has 34 heavy (non-hydrogen) atoms. The first-order valence-corrected chi connectivity index (χ1v) is 11.8. The van der Waals surface area contributed by atoms with Gasteiger partial charge in [-0.2, -0.15) is 0 Å². The topological polar surface area (TPSA) is 48.1 Å². The Morgan fingerprint density at radius 1 is 0.471 bits per heavy atom. The van der Waals surface area contributed by atoms with Crippen molar-refractivity contribution in [3.63, 3.8) is 0 Å². The Kier molecular flexibility index (Phi) is 7.52. The van der Waals surface area contributed by atoms with Crippen molar-refractivity contribution >= 4 is 57.4 Å². The van der Waals surface area contributed by atoms with Crippen LogP contribution in [-0.4, -0.2) is 10.2 Å². The number of hydrogen-bond donors (Lipinski definition) is 4. The Balaban J connectivity index is 1.32. The molecule has 0 fully saturated rings. The predicted molar refractivity (Wildman–Crippen MR) is 154 cm³/mol. The molecule has 4 rings (SSSR count). The average Bonchev–Trinajstić information content (AvgIpc) is 2.80. The lowest BCUT2D eigenvalue weighted by Gasteiger charge is -2.12. The second-order valence-electron chi connectivity index (χ2n) is 8.05. The Morgan fingerprint density at radius 3 is 1.18 bits per heavy atom. The molecule has 0 saturated carbocycles. The fraction of sp³-hybridized carbons (Fsp3) is 0.0714. The molecule has 170 valence electrons. The highest BCUT2D eigenvalue weighted by Gasteiger charge is 2.03. The molecule has 0 amide bonds. The molecule has 0 bridgehead atoms. The number of benzene rings is 4. The molecule has 0 aromatic heterocycles. The van der Waals surface area contributed by atoms with Crippen molar-refractivity contribution in [1.29, 1.82) is 0 Å². The minimum atomic E-state index is 0.559. The van der Waals surface area contributed by atoms with Crippen molar-refractivity contribution in [3.05, 3.63) is 108 Å². The number of rotatable bonds is 5. The molecule has 4 aromatic rings. The van der Waals surface area contributed by atoms with Gasteiger partial charge in [-0.25, -0.2) is 0 Å². The van der Waals surface area contributed by atoms with Gasteiger partial charge >= 0.3 is 0 Å². The van der Waals surface area contributed by atoms with Crippen LogP contribution in [0.15, 0.2) is 97.1 Å². The van der Waals surface area contributed by atoms with Crippen LogP contribution in [0.1, 0.15) is 11.1 Å². The molecule has 0 unspecified atom stereocenters. The lowest BCUT2D eigenvalue weighted by molar-refractivity contribution is 1.46. The van der Waals surface area contributed by atoms with Gasteiger partial charge in [0.2, 0.25) is 0 Å². The molecular formula is C28H26N4S2. The molecular weight excluding hydrogens is 456 g/mol. The van der Waals surface area contributed by atoms with E-state index in [0.29, 0.717) is 10.2 Å². The van der Waals surface area contributed by atoms with Crippen molar-refractivity contribution in [1.82, 2.24) is 0 Å². The van der Waals surface area contributed by atoms with E-state index in [4.69, 9.17) is 24.4 Å². The zero-order chi connectivity index (χ0) is 23.9. The number of aryl methyl sites for hydroxylation is 2. The van der Waals surface area contributed by atoms with E-state index in [-0.39, 0.29) is 0 Å². The third kappa shape index (κ3) is 6.63. The minimum absolute atomic E-state index is 0.559. The molecule has 4 N–H and O–H groups in total. The molecule has 0 spiro atoms. The Morgan fingerprint density at radius 2 is 0.824 bits per heavy atom. The summed E-state index contributed by atoms with van der Waals surface area (Å²) >= 11 is 10.9. The van der Waals surface area contributed by atoms with Gasteiger partial charge in [0.25, 0.3) is 0 Å². The maximum Gasteiger partial charge on any atom is 0.175 e. The predicted octanol–water partition coefficient (Wildman–Crippen LogP) is 7.59. The van der Waals surface area contributed by atoms with Gasteiger partial charge < -0.3 is 21.3 Å². The largest absolute Gasteiger partial charge is 0.332 e. The van der Waals surface area contributed by atoms with Crippen LogP contribution in [0.4, 0.5) is 22.7 Å². The summed E-state index contributed by atoms with van der Waals surface area (Å²) in [6.07, 6.45) is 0. The van der Waals surface area contributed by atoms with E-state index >= 15 is 0 Å². The van der Waals surface area contributed by atoms with E-state index in [0.717, 1.165) is 33.9 Å². The smallest absolute Gasteiger partial charge is 0.175 e. The quantitative estimate of drug-likeness (QED) is 0.220. The lowest BCUT2D eigenvalue weighted by Crippen LogP contribution is -2.19. The zero-order valence-corrected chi connectivity index (χ0v) is 20.7. The molecule has 0 aliphatic heterocycles. The highest BCUT2D eigenvalue weighted by atomic mass is 32.1. The standard InChI is InChI=1S/C28H26N4S2/c1-19-5-3-7-25(17-19)31-27(33)29-23-13-9-21(10-14-23)22-11-15-24(16-12-22)30-28(34)32-26-8-4-6-20(2)18-26/h3-18H,1-2H3,(H2,29,31,33)(H2,30,32,34). The first-order valence-electron chi connectivity index (χ1n) is 10.9. The van der Waals surface area contributed by atoms with Crippen LogP contribution in [0, 0.1) is 13.8 Å². The Labute approximate surface area is 211 Å². The first-order chi connectivity index (χ1) is 16.4. The second kappa shape index (κ2) is 10.9. The SMILES string of the molecule is Cc1cccc(NC(=S)Nc2ccc(-c3ccc(NC(=S)Nc4cccc(C)c4)cc3)cc2)c1. The first kappa shape index (κ1) is 23.4. The molecule has 0 heterocycles. The maximum atomic E-state index is 5.44. The van der Waals surface area contributed by atoms with Gasteiger partial charge in [-0.15, -0.1) is 0 Å². The van der Waals surface area contributed by atoms with Gasteiger partial charge in [0, 0.05) is 22.7 Å². The lowest BCUT2D eigenvalue weighted by atomic mass is 10.1. The van der Waals surface area contributed by atoms with E-state index in [1.165, 1.54) is 11.1 Å². The maximum absolute atomic E-state index is 5.44. The van der Waals surface area contributed by atoms with E-state index in [1.807, 2.05) is 48.5 Å². The molecule has 0 radical (unpaired) electrons. The van der Waals surface area contributed by atoms with Crippen LogP contribution < -0.4 is 21.3 Å². The van der Waals surface area contributed by atoms with Crippen LogP contribution >= 0.6 is 24.4 Å². The summed E-state index contributed by atoms with van der Waals surface area (Å²) < 4.78 is 0. The van der Waals surface area contributed by atoms with E-state index < -0.39 is 0 Å². The third-order valence-electron chi connectivity index (χ3n) is 5.17. The van der Waals surface area contributed by atoms with Crippen LogP contribution in [-0.2, 0) is 0 Å². The van der Waals surface area contributed by atoms with E-state index in [2.05, 4.69) is 83.6 Å². The summed E-state index contributed by atoms with van der Waals surface area (Å²) in [6.45, 7) is 4.11. The molecule has 0 atom stereocenters. The monoisotopic (exact) mass is 482 g/mol. The molecule has 0 saturated heterocycles. The van der Waals surface area contributed by atoms with Gasteiger partial charge in [0.15, 0.2) is 10.2 Å². The van der Waals surface area contributed by atoms with Gasteiger partial charge in [-0.3, -0.25) is 0 Å². The Bertz CT molecular complexity index is 1200. The van der Waals surface area contributed by atoms with E-state index in [1.54, 1.807) is 0 Å². The van der Waals surface area contributed by atoms with Crippen molar-refractivity contribution in [3.8, 4) is 11.1 Å². The van der Waals surface area contributed by atoms with E-state index in [9.17, 15) is 0 Å². The highest BCUT2D eigenvalue weighted by Crippen LogP contribution is 2.24. The van der Waals surface area contributed by atoms with Crippen molar-refractivity contribution in [2.45, 2.75) is 13.8 Å². The number of nitrogens with one attached hydrogen (secondary N) is 4. The summed E-state index contributed by atoms with van der Waals surface area (Å²) in [4.78, 5) is 0. The number of hydrogen-bond acceptors (Lipinski definition) is 2. The van der Waals surface area contributed by atoms with Gasteiger partial charge in [-0.1, -0.05) is 48.5 Å². The molecule has 0 aliphatic rings. The third-order valence-corrected chi connectivity index (χ3v) is 5.58. The normalized spacial score (nSPS) is 10.3. The van der Waals surface area contributed by atoms with Crippen molar-refractivity contribution in [2.75, 3.05) is 21.3 Å². The van der Waals surface area contributed by atoms with Crippen LogP contribution in [0.5, 0.6) is 0 Å². The fourth-order valence-electron chi connectivity index (χ4n) is 3.52. The van der Waals surface area contributed by atoms with Crippen LogP contribution in [0.25, 0.3) is 11.1 Å². The Hall–Kier alpha value is -3.74. The zero-order valence-electron chi connectivity index (χ0n) is 19.1. The summed E-state index contributed by atoms with van der Waals surface area (Å²) in [6, 6.07) is 32.6. The van der Waals surface area contributed by atoms with Gasteiger partial charge in [-0.05, 0) is 109 Å². The molecule has 4 aromatic carbocycles. The summed E-state index contributed by atoms with van der Waals surface area (Å²) in [5.74, 6) is 0. The van der Waals surface area contributed by atoms with Crippen LogP contribution in [0.3, 0.4) is 0 Å². The molecule has 6 heteroatoms. The number of anilines is 4. The summed E-state index contributed by atoms with van der Waals surface area (Å²) in [5, 5.41) is 14.0. The fourth-order valence-corrected chi connectivity index (χ4v) is 4.00. The minimum Gasteiger partial charge on any atom is -0.332 e. The number of thiocarbonyl (C=S) groups is 2. The van der Waals surface area contributed by atoms with Gasteiger partial charge in [0.1, 0.15) is 0 Å². The summed E-state index contributed by atoms with van der Waals surface area (Å²) in [7, 11) is 0. The van der Waals surface area contributed by atoms with Crippen LogP contribution in [0.2, 0.25) is 0 Å². The molecule has 0 aliphatic carbocycles. The summed E-state index contributed by atoms with van der Waals surface area (Å²) in [5.41, 5.74) is 8.41. The molecule has 4 nitrogen and oxygen atoms in total. The highest BCUT2D eigenvalue weighted by molar-refractivity contribution is 7.81. The van der Waals surface area contributed by atoms with Crippen molar-refractivity contribution < 1.29 is 0 Å². The van der Waals surface area contributed by atoms with Crippen molar-refractivity contribution in [2.24, 2.45) is 0 Å². The second-order valence-corrected chi connectivity index (χ2v) is 8.87. The van der Waals surface area contributed by atoms with Gasteiger partial charge in [0.05, 0.1) is 0 Å². The average molecular weight is 483 g/mol.